The second-order valence-electron chi connectivity index (χ2n) is 12.6. The number of carbonyl (C=O) groups is 7. The van der Waals surface area contributed by atoms with Gasteiger partial charge < -0.3 is 41.4 Å². The van der Waals surface area contributed by atoms with Crippen LogP contribution >= 0.6 is 72.4 Å². The quantitative estimate of drug-likeness (QED) is 0.0569. The molecule has 22 heteroatoms. The van der Waals surface area contributed by atoms with Crippen LogP contribution in [0.15, 0.2) is 0 Å². The summed E-state index contributed by atoms with van der Waals surface area (Å²) in [4.78, 5) is 88.9. The molecule has 0 heterocycles. The Morgan fingerprint density at radius 2 is 0.849 bits per heavy atom. The molecular weight excluding hydrogens is 807 g/mol. The standard InChI is InChI=1S/C31H53N7O9S6/c1-9-46-27(49)52-18-21(40)36-30(5,6)24(43)33-12-15-38(14-11-32-23(42)29(3,4)35-20(39)17-51-26(45)48)16-13-34-25(44)31(7,8)37-22(41)19-53-28(50)47-10-2/h9-19H2,1-8H3,(H,32,42)(H,33,43)(H,34,44)(H,35,39)(H,36,40)(H,37,41)(H,45,48). The van der Waals surface area contributed by atoms with Gasteiger partial charge in [-0.25, -0.2) is 0 Å². The van der Waals surface area contributed by atoms with Gasteiger partial charge in [0, 0.05) is 39.3 Å². The summed E-state index contributed by atoms with van der Waals surface area (Å²) in [7, 11) is 0. The van der Waals surface area contributed by atoms with Gasteiger partial charge in [-0.05, 0) is 79.8 Å². The molecule has 6 amide bonds. The maximum atomic E-state index is 13.0. The van der Waals surface area contributed by atoms with E-state index >= 15 is 0 Å². The molecule has 16 nitrogen and oxygen atoms in total. The molecule has 0 radical (unpaired) electrons. The van der Waals surface area contributed by atoms with E-state index in [-0.39, 0.29) is 45.7 Å². The van der Waals surface area contributed by atoms with Gasteiger partial charge in [0.05, 0.1) is 30.5 Å². The van der Waals surface area contributed by atoms with Crippen LogP contribution in [-0.4, -0.2) is 140 Å². The van der Waals surface area contributed by atoms with Crippen molar-refractivity contribution < 1.29 is 43.0 Å². The zero-order chi connectivity index (χ0) is 40.8. The lowest BCUT2D eigenvalue weighted by atomic mass is 10.0. The van der Waals surface area contributed by atoms with Crippen LogP contribution in [0.25, 0.3) is 0 Å². The van der Waals surface area contributed by atoms with E-state index in [0.717, 1.165) is 23.5 Å². The first-order valence-corrected chi connectivity index (χ1v) is 20.7. The normalized spacial score (nSPS) is 11.5. The van der Waals surface area contributed by atoms with Crippen LogP contribution in [0.5, 0.6) is 0 Å². The Balaban J connectivity index is 5.36. The van der Waals surface area contributed by atoms with Crippen molar-refractivity contribution in [2.45, 2.75) is 72.0 Å². The van der Waals surface area contributed by atoms with Crippen molar-refractivity contribution in [3.63, 3.8) is 0 Å². The molecule has 53 heavy (non-hydrogen) atoms. The predicted octanol–water partition coefficient (Wildman–Crippen LogP) is 1.21. The van der Waals surface area contributed by atoms with E-state index in [4.69, 9.17) is 33.9 Å². The summed E-state index contributed by atoms with van der Waals surface area (Å²) >= 11 is 16.5. The van der Waals surface area contributed by atoms with Crippen molar-refractivity contribution in [2.24, 2.45) is 0 Å². The number of carbonyl (C=O) groups excluding carboxylic acids is 7. The van der Waals surface area contributed by atoms with Crippen molar-refractivity contribution in [1.29, 1.82) is 0 Å². The van der Waals surface area contributed by atoms with Crippen LogP contribution in [0, 0.1) is 0 Å². The molecule has 0 aliphatic heterocycles. The second kappa shape index (κ2) is 25.7. The number of ether oxygens (including phenoxy) is 2. The fraction of sp³-hybridized carbons (Fsp3) is 0.710. The first-order valence-electron chi connectivity index (χ1n) is 16.5. The minimum absolute atomic E-state index is 0.0169. The minimum Gasteiger partial charge on any atom is -0.479 e. The number of nitrogens with zero attached hydrogens (tertiary/aromatic N) is 1. The average molecular weight is 860 g/mol. The third-order valence-electron chi connectivity index (χ3n) is 6.69. The Hall–Kier alpha value is -2.37. The maximum Gasteiger partial charge on any atom is 0.245 e. The lowest BCUT2D eigenvalue weighted by Gasteiger charge is -2.29. The van der Waals surface area contributed by atoms with Crippen molar-refractivity contribution >= 4 is 121 Å². The van der Waals surface area contributed by atoms with Gasteiger partial charge >= 0.3 is 0 Å². The SMILES string of the molecule is CCOC(=S)SCC(=O)NC(C)(C)C(=O)NCCN(CCNC(=O)C(C)(C)NC(=O)CSC(=O)S)CCNC(=O)C(C)(C)NC(=O)CSC(=S)OCC. The molecule has 0 saturated carbocycles. The van der Waals surface area contributed by atoms with Crippen molar-refractivity contribution in [2.75, 3.05) is 69.7 Å². The molecule has 0 bridgehead atoms. The van der Waals surface area contributed by atoms with Gasteiger partial charge in [0.25, 0.3) is 0 Å². The molecule has 0 atom stereocenters. The van der Waals surface area contributed by atoms with E-state index in [9.17, 15) is 33.6 Å². The van der Waals surface area contributed by atoms with Gasteiger partial charge in [0.1, 0.15) is 16.6 Å². The van der Waals surface area contributed by atoms with Crippen LogP contribution in [-0.2, 0) is 38.2 Å². The van der Waals surface area contributed by atoms with Crippen LogP contribution in [0.2, 0.25) is 0 Å². The number of hydrogen-bond acceptors (Lipinski definition) is 15. The Kier molecular flexibility index (Phi) is 24.5. The van der Waals surface area contributed by atoms with Gasteiger partial charge in [-0.2, -0.15) is 0 Å². The van der Waals surface area contributed by atoms with E-state index in [0.29, 0.717) is 44.6 Å². The molecular formula is C31H53N7O9S6. The first kappa shape index (κ1) is 50.6. The van der Waals surface area contributed by atoms with Crippen molar-refractivity contribution in [3.05, 3.63) is 0 Å². The molecule has 0 spiro atoms. The molecule has 0 saturated heterocycles. The number of thiol groups is 1. The van der Waals surface area contributed by atoms with Gasteiger partial charge in [-0.3, -0.25) is 38.5 Å². The highest BCUT2D eigenvalue weighted by molar-refractivity contribution is 8.32. The van der Waals surface area contributed by atoms with E-state index in [1.54, 1.807) is 41.5 Å². The number of nitrogens with one attached hydrogen (secondary N) is 6. The molecule has 0 aromatic heterocycles. The summed E-state index contributed by atoms with van der Waals surface area (Å²) in [6.07, 6.45) is 0. The molecule has 0 aromatic rings. The third kappa shape index (κ3) is 23.2. The van der Waals surface area contributed by atoms with Crippen molar-refractivity contribution in [1.82, 2.24) is 36.8 Å². The van der Waals surface area contributed by atoms with Gasteiger partial charge in [-0.15, -0.1) is 0 Å². The van der Waals surface area contributed by atoms with E-state index in [1.807, 2.05) is 4.90 Å². The van der Waals surface area contributed by atoms with E-state index in [2.05, 4.69) is 44.5 Å². The molecule has 0 rings (SSSR count). The van der Waals surface area contributed by atoms with Crippen LogP contribution in [0.4, 0.5) is 4.79 Å². The zero-order valence-electron chi connectivity index (χ0n) is 31.4. The van der Waals surface area contributed by atoms with Crippen LogP contribution in [0.1, 0.15) is 55.4 Å². The van der Waals surface area contributed by atoms with Gasteiger partial charge in [0.2, 0.25) is 48.7 Å². The maximum absolute atomic E-state index is 13.0. The number of amides is 6. The van der Waals surface area contributed by atoms with E-state index in [1.165, 1.54) is 13.8 Å². The number of thioether (sulfide) groups is 3. The largest absolute Gasteiger partial charge is 0.479 e. The molecule has 302 valence electrons. The molecule has 0 unspecified atom stereocenters. The average Bonchev–Trinajstić information content (AvgIpc) is 3.04. The predicted molar refractivity (Wildman–Crippen MR) is 222 cm³/mol. The minimum atomic E-state index is -1.28. The molecule has 0 aromatic carbocycles. The Bertz CT molecular complexity index is 1250. The summed E-state index contributed by atoms with van der Waals surface area (Å²) in [6.45, 7) is 15.0. The summed E-state index contributed by atoms with van der Waals surface area (Å²) in [6, 6.07) is 0. The zero-order valence-corrected chi connectivity index (χ0v) is 36.4. The Morgan fingerprint density at radius 1 is 0.566 bits per heavy atom. The topological polar surface area (TPSA) is 213 Å². The van der Waals surface area contributed by atoms with E-state index < -0.39 is 56.5 Å². The summed E-state index contributed by atoms with van der Waals surface area (Å²) in [5.41, 5.74) is -3.77. The van der Waals surface area contributed by atoms with Gasteiger partial charge in [-0.1, -0.05) is 47.9 Å². The van der Waals surface area contributed by atoms with Crippen LogP contribution < -0.4 is 31.9 Å². The number of hydrogen-bond donors (Lipinski definition) is 7. The number of thiocarbonyl (C=S) groups is 2. The first-order chi connectivity index (χ1) is 24.6. The number of rotatable bonds is 23. The summed E-state index contributed by atoms with van der Waals surface area (Å²) in [5.74, 6) is -2.86. The van der Waals surface area contributed by atoms with Crippen LogP contribution in [0.3, 0.4) is 0 Å². The van der Waals surface area contributed by atoms with Crippen molar-refractivity contribution in [3.8, 4) is 0 Å². The summed E-state index contributed by atoms with van der Waals surface area (Å²) < 4.78 is 10.3. The molecule has 0 fully saturated rings. The van der Waals surface area contributed by atoms with Gasteiger partial charge in [0.15, 0.2) is 0 Å². The smallest absolute Gasteiger partial charge is 0.245 e. The lowest BCUT2D eigenvalue weighted by molar-refractivity contribution is -0.131. The second-order valence-corrected chi connectivity index (χ2v) is 17.4. The fourth-order valence-corrected chi connectivity index (χ4v) is 6.15. The third-order valence-corrected chi connectivity index (χ3v) is 10.2. The summed E-state index contributed by atoms with van der Waals surface area (Å²) in [5, 5.41) is 16.3. The fourth-order valence-electron chi connectivity index (χ4n) is 4.00. The molecule has 6 N–H and O–H groups in total. The highest BCUT2D eigenvalue weighted by Gasteiger charge is 2.32. The Morgan fingerprint density at radius 3 is 1.11 bits per heavy atom. The monoisotopic (exact) mass is 859 g/mol. The lowest BCUT2D eigenvalue weighted by Crippen LogP contribution is -2.57. The Labute approximate surface area is 340 Å². The molecule has 0 aliphatic rings. The highest BCUT2D eigenvalue weighted by atomic mass is 32.2. The highest BCUT2D eigenvalue weighted by Crippen LogP contribution is 2.11. The molecule has 0 aliphatic carbocycles.